The molecule has 0 heterocycles. The van der Waals surface area contributed by atoms with E-state index < -0.39 is 8.32 Å². The molecule has 0 radical (unpaired) electrons. The third-order valence-electron chi connectivity index (χ3n) is 3.80. The molecular formula is C11H25NO2Si. The van der Waals surface area contributed by atoms with Crippen LogP contribution in [0.15, 0.2) is 0 Å². The number of rotatable bonds is 2. The van der Waals surface area contributed by atoms with Crippen LogP contribution in [0.5, 0.6) is 0 Å². The summed E-state index contributed by atoms with van der Waals surface area (Å²) in [6.45, 7) is 11.2. The highest BCUT2D eigenvalue weighted by molar-refractivity contribution is 6.74. The largest absolute Gasteiger partial charge is 0.414 e. The highest BCUT2D eigenvalue weighted by atomic mass is 28.4. The van der Waals surface area contributed by atoms with Crippen molar-refractivity contribution in [1.82, 2.24) is 0 Å². The first-order valence-corrected chi connectivity index (χ1v) is 8.66. The van der Waals surface area contributed by atoms with Crippen LogP contribution in [0, 0.1) is 0 Å². The van der Waals surface area contributed by atoms with Gasteiger partial charge in [-0.3, -0.25) is 0 Å². The summed E-state index contributed by atoms with van der Waals surface area (Å²) in [6.07, 6.45) is 1.29. The Bertz CT molecular complexity index is 215. The van der Waals surface area contributed by atoms with Crippen molar-refractivity contribution in [3.63, 3.8) is 0 Å². The zero-order valence-electron chi connectivity index (χ0n) is 10.6. The van der Waals surface area contributed by atoms with Gasteiger partial charge in [-0.25, -0.2) is 0 Å². The Morgan fingerprint density at radius 3 is 2.13 bits per heavy atom. The SMILES string of the molecule is CC(C)(C)[Si](C)(C)O[C@H]1C[C@H](N)[C@@H](O)C1. The van der Waals surface area contributed by atoms with E-state index >= 15 is 0 Å². The van der Waals surface area contributed by atoms with Gasteiger partial charge in [0.25, 0.3) is 0 Å². The van der Waals surface area contributed by atoms with Crippen molar-refractivity contribution >= 4 is 8.32 Å². The van der Waals surface area contributed by atoms with Gasteiger partial charge in [-0.1, -0.05) is 20.8 Å². The maximum Gasteiger partial charge on any atom is 0.192 e. The molecule has 0 aliphatic heterocycles. The van der Waals surface area contributed by atoms with Gasteiger partial charge in [0.15, 0.2) is 8.32 Å². The second kappa shape index (κ2) is 4.16. The van der Waals surface area contributed by atoms with Crippen LogP contribution in [-0.2, 0) is 4.43 Å². The first kappa shape index (κ1) is 13.2. The minimum atomic E-state index is -1.70. The first-order valence-electron chi connectivity index (χ1n) is 5.75. The Balaban J connectivity index is 2.56. The molecule has 1 fully saturated rings. The molecule has 15 heavy (non-hydrogen) atoms. The van der Waals surface area contributed by atoms with Crippen LogP contribution in [0.4, 0.5) is 0 Å². The fourth-order valence-electron chi connectivity index (χ4n) is 1.69. The molecule has 1 aliphatic carbocycles. The lowest BCUT2D eigenvalue weighted by molar-refractivity contribution is 0.136. The molecule has 1 saturated carbocycles. The fraction of sp³-hybridized carbons (Fsp3) is 1.00. The Hall–Kier alpha value is 0.0969. The fourth-order valence-corrected chi connectivity index (χ4v) is 3.07. The molecule has 90 valence electrons. The van der Waals surface area contributed by atoms with Crippen LogP contribution in [0.1, 0.15) is 33.6 Å². The highest BCUT2D eigenvalue weighted by Gasteiger charge is 2.42. The molecule has 0 unspecified atom stereocenters. The molecule has 3 atom stereocenters. The van der Waals surface area contributed by atoms with E-state index in [1.165, 1.54) is 0 Å². The summed E-state index contributed by atoms with van der Waals surface area (Å²) < 4.78 is 6.20. The van der Waals surface area contributed by atoms with Crippen molar-refractivity contribution < 1.29 is 9.53 Å². The van der Waals surface area contributed by atoms with E-state index in [2.05, 4.69) is 33.9 Å². The number of nitrogens with two attached hydrogens (primary N) is 1. The van der Waals surface area contributed by atoms with E-state index in [1.807, 2.05) is 0 Å². The number of aliphatic hydroxyl groups excluding tert-OH is 1. The van der Waals surface area contributed by atoms with Crippen molar-refractivity contribution in [3.8, 4) is 0 Å². The summed E-state index contributed by atoms with van der Waals surface area (Å²) in [5.74, 6) is 0. The summed E-state index contributed by atoms with van der Waals surface area (Å²) in [5.41, 5.74) is 5.78. The quantitative estimate of drug-likeness (QED) is 0.713. The van der Waals surface area contributed by atoms with E-state index in [0.29, 0.717) is 6.42 Å². The van der Waals surface area contributed by atoms with E-state index in [9.17, 15) is 5.11 Å². The molecule has 0 amide bonds. The number of hydrogen-bond acceptors (Lipinski definition) is 3. The standard InChI is InChI=1S/C11H25NO2Si/c1-11(2,3)15(4,5)14-8-6-9(12)10(13)7-8/h8-10,13H,6-7,12H2,1-5H3/t8-,9-,10-/m0/s1. The monoisotopic (exact) mass is 231 g/mol. The lowest BCUT2D eigenvalue weighted by atomic mass is 10.2. The predicted octanol–water partition coefficient (Wildman–Crippen LogP) is 1.86. The molecule has 3 nitrogen and oxygen atoms in total. The van der Waals surface area contributed by atoms with Crippen LogP contribution in [-0.4, -0.2) is 31.7 Å². The lowest BCUT2D eigenvalue weighted by Gasteiger charge is -2.38. The Labute approximate surface area is 94.1 Å². The van der Waals surface area contributed by atoms with Crippen molar-refractivity contribution in [3.05, 3.63) is 0 Å². The summed E-state index contributed by atoms with van der Waals surface area (Å²) in [6, 6.07) is -0.0974. The van der Waals surface area contributed by atoms with Crippen molar-refractivity contribution in [2.75, 3.05) is 0 Å². The van der Waals surface area contributed by atoms with Gasteiger partial charge >= 0.3 is 0 Å². The van der Waals surface area contributed by atoms with Crippen molar-refractivity contribution in [2.45, 2.75) is 70.0 Å². The third-order valence-corrected chi connectivity index (χ3v) is 8.34. The molecule has 0 spiro atoms. The number of aliphatic hydroxyl groups is 1. The normalized spacial score (nSPS) is 33.4. The van der Waals surface area contributed by atoms with Gasteiger partial charge in [0.1, 0.15) is 0 Å². The maximum atomic E-state index is 9.58. The summed E-state index contributed by atoms with van der Waals surface area (Å²) in [4.78, 5) is 0. The van der Waals surface area contributed by atoms with Gasteiger partial charge < -0.3 is 15.3 Å². The molecular weight excluding hydrogens is 206 g/mol. The van der Waals surface area contributed by atoms with E-state index in [4.69, 9.17) is 10.2 Å². The van der Waals surface area contributed by atoms with E-state index in [1.54, 1.807) is 0 Å². The van der Waals surface area contributed by atoms with Crippen molar-refractivity contribution in [1.29, 1.82) is 0 Å². The van der Waals surface area contributed by atoms with E-state index in [0.717, 1.165) is 6.42 Å². The molecule has 3 N–H and O–H groups in total. The van der Waals surface area contributed by atoms with Crippen LogP contribution >= 0.6 is 0 Å². The topological polar surface area (TPSA) is 55.5 Å². The number of hydrogen-bond donors (Lipinski definition) is 2. The van der Waals surface area contributed by atoms with Gasteiger partial charge in [-0.2, -0.15) is 0 Å². The molecule has 1 rings (SSSR count). The van der Waals surface area contributed by atoms with Gasteiger partial charge in [0.2, 0.25) is 0 Å². The summed E-state index contributed by atoms with van der Waals surface area (Å²) in [7, 11) is -1.70. The lowest BCUT2D eigenvalue weighted by Crippen LogP contribution is -2.43. The van der Waals surface area contributed by atoms with Gasteiger partial charge in [0.05, 0.1) is 6.10 Å². The average molecular weight is 231 g/mol. The smallest absolute Gasteiger partial charge is 0.192 e. The Morgan fingerprint density at radius 2 is 1.80 bits per heavy atom. The summed E-state index contributed by atoms with van der Waals surface area (Å²) in [5, 5.41) is 9.81. The second-order valence-corrected chi connectivity index (χ2v) is 11.0. The zero-order valence-corrected chi connectivity index (χ0v) is 11.6. The minimum absolute atomic E-state index is 0.0974. The van der Waals surface area contributed by atoms with Gasteiger partial charge in [-0.15, -0.1) is 0 Å². The predicted molar refractivity (Wildman–Crippen MR) is 65.3 cm³/mol. The molecule has 0 saturated heterocycles. The Kier molecular flexibility index (Phi) is 3.65. The molecule has 1 aliphatic rings. The zero-order chi connectivity index (χ0) is 11.9. The van der Waals surface area contributed by atoms with Crippen LogP contribution in [0.3, 0.4) is 0 Å². The summed E-state index contributed by atoms with van der Waals surface area (Å²) >= 11 is 0. The molecule has 0 bridgehead atoms. The first-order chi connectivity index (χ1) is 6.63. The van der Waals surface area contributed by atoms with Crippen LogP contribution in [0.2, 0.25) is 18.1 Å². The van der Waals surface area contributed by atoms with Crippen LogP contribution < -0.4 is 5.73 Å². The maximum absolute atomic E-state index is 9.58. The molecule has 0 aromatic heterocycles. The molecule has 0 aromatic carbocycles. The molecule has 0 aromatic rings. The van der Waals surface area contributed by atoms with E-state index in [-0.39, 0.29) is 23.3 Å². The van der Waals surface area contributed by atoms with Crippen molar-refractivity contribution in [2.24, 2.45) is 5.73 Å². The van der Waals surface area contributed by atoms with Gasteiger partial charge in [-0.05, 0) is 31.0 Å². The third kappa shape index (κ3) is 3.03. The molecule has 4 heteroatoms. The Morgan fingerprint density at radius 1 is 1.27 bits per heavy atom. The second-order valence-electron chi connectivity index (χ2n) is 6.20. The van der Waals surface area contributed by atoms with Gasteiger partial charge in [0, 0.05) is 12.1 Å². The van der Waals surface area contributed by atoms with Crippen LogP contribution in [0.25, 0.3) is 0 Å². The average Bonchev–Trinajstić information content (AvgIpc) is 2.27. The highest BCUT2D eigenvalue weighted by Crippen LogP contribution is 2.39. The minimum Gasteiger partial charge on any atom is -0.414 e.